The van der Waals surface area contributed by atoms with Crippen molar-refractivity contribution in [2.24, 2.45) is 0 Å². The second-order valence-electron chi connectivity index (χ2n) is 2.84. The Hall–Kier alpha value is -1.05. The van der Waals surface area contributed by atoms with Gasteiger partial charge in [0.25, 0.3) is 0 Å². The first-order chi connectivity index (χ1) is 5.75. The highest BCUT2D eigenvalue weighted by Crippen LogP contribution is 2.21. The zero-order valence-electron chi connectivity index (χ0n) is 7.18. The Bertz CT molecular complexity index is 238. The molecule has 2 heteroatoms. The highest BCUT2D eigenvalue weighted by molar-refractivity contribution is 5.33. The van der Waals surface area contributed by atoms with Crippen molar-refractivity contribution in [1.29, 1.82) is 0 Å². The van der Waals surface area contributed by atoms with Gasteiger partial charge in [-0.25, -0.2) is 4.39 Å². The fourth-order valence-electron chi connectivity index (χ4n) is 1.15. The molecule has 0 aliphatic carbocycles. The maximum absolute atomic E-state index is 13.0. The molecule has 66 valence electrons. The first-order valence-corrected chi connectivity index (χ1v) is 4.22. The van der Waals surface area contributed by atoms with E-state index in [1.807, 2.05) is 6.92 Å². The van der Waals surface area contributed by atoms with Gasteiger partial charge in [0.15, 0.2) is 0 Å². The number of hydrogen-bond acceptors (Lipinski definition) is 1. The number of hydrogen-bond donors (Lipinski definition) is 1. The second-order valence-corrected chi connectivity index (χ2v) is 2.84. The van der Waals surface area contributed by atoms with Gasteiger partial charge < -0.3 is 5.11 Å². The monoisotopic (exact) mass is 168 g/mol. The van der Waals surface area contributed by atoms with Crippen molar-refractivity contribution in [3.63, 3.8) is 0 Å². The fraction of sp³-hybridized carbons (Fsp3) is 0.400. The highest BCUT2D eigenvalue weighted by atomic mass is 19.1. The minimum absolute atomic E-state index is 0.0726. The molecule has 0 unspecified atom stereocenters. The van der Waals surface area contributed by atoms with Gasteiger partial charge in [0.2, 0.25) is 0 Å². The van der Waals surface area contributed by atoms with Crippen molar-refractivity contribution in [1.82, 2.24) is 0 Å². The van der Waals surface area contributed by atoms with E-state index in [1.54, 1.807) is 0 Å². The molecule has 0 saturated carbocycles. The normalized spacial score (nSPS) is 10.2. The quantitative estimate of drug-likeness (QED) is 0.735. The molecule has 1 rings (SSSR count). The lowest BCUT2D eigenvalue weighted by Gasteiger charge is -2.03. The fourth-order valence-corrected chi connectivity index (χ4v) is 1.15. The van der Waals surface area contributed by atoms with Crippen molar-refractivity contribution in [3.05, 3.63) is 29.6 Å². The van der Waals surface area contributed by atoms with Crippen LogP contribution >= 0.6 is 0 Å². The second kappa shape index (κ2) is 4.10. The number of halogens is 1. The smallest absolute Gasteiger partial charge is 0.130 e. The number of unbranched alkanes of at least 4 members (excludes halogenated alkanes) is 1. The molecule has 12 heavy (non-hydrogen) atoms. The maximum atomic E-state index is 13.0. The van der Waals surface area contributed by atoms with Gasteiger partial charge in [-0.3, -0.25) is 0 Å². The summed E-state index contributed by atoms with van der Waals surface area (Å²) in [6.07, 6.45) is 2.54. The third-order valence-corrected chi connectivity index (χ3v) is 1.87. The van der Waals surface area contributed by atoms with Crippen LogP contribution in [0.5, 0.6) is 5.75 Å². The zero-order chi connectivity index (χ0) is 8.97. The molecule has 0 aliphatic rings. The summed E-state index contributed by atoms with van der Waals surface area (Å²) in [5.74, 6) is -0.230. The molecule has 0 fully saturated rings. The van der Waals surface area contributed by atoms with Gasteiger partial charge in [0.1, 0.15) is 11.6 Å². The molecule has 1 aromatic rings. The molecule has 1 N–H and O–H groups in total. The minimum atomic E-state index is -0.302. The number of benzene rings is 1. The molecule has 0 aromatic heterocycles. The van der Waals surface area contributed by atoms with Crippen LogP contribution in [0.25, 0.3) is 0 Å². The van der Waals surface area contributed by atoms with E-state index in [0.29, 0.717) is 12.0 Å². The summed E-state index contributed by atoms with van der Waals surface area (Å²) >= 11 is 0. The van der Waals surface area contributed by atoms with Gasteiger partial charge in [0.05, 0.1) is 0 Å². The average molecular weight is 168 g/mol. The lowest BCUT2D eigenvalue weighted by molar-refractivity contribution is 0.457. The van der Waals surface area contributed by atoms with Gasteiger partial charge in [-0.15, -0.1) is 0 Å². The van der Waals surface area contributed by atoms with Crippen LogP contribution in [0.3, 0.4) is 0 Å². The van der Waals surface area contributed by atoms with Crippen molar-refractivity contribution < 1.29 is 9.50 Å². The predicted octanol–water partition coefficient (Wildman–Crippen LogP) is 2.87. The first kappa shape index (κ1) is 9.04. The molecule has 1 nitrogen and oxygen atoms in total. The Balaban J connectivity index is 2.81. The molecule has 0 bridgehead atoms. The standard InChI is InChI=1S/C10H13FO/c1-2-3-5-8-9(11)6-4-7-10(8)12/h4,6-7,12H,2-3,5H2,1H3. The minimum Gasteiger partial charge on any atom is -0.508 e. The SMILES string of the molecule is CCCCc1c(O)cccc1F. The molecule has 1 aromatic carbocycles. The van der Waals surface area contributed by atoms with Gasteiger partial charge in [-0.2, -0.15) is 0 Å². The third-order valence-electron chi connectivity index (χ3n) is 1.87. The van der Waals surface area contributed by atoms with Gasteiger partial charge in [-0.1, -0.05) is 19.4 Å². The topological polar surface area (TPSA) is 20.2 Å². The first-order valence-electron chi connectivity index (χ1n) is 4.22. The van der Waals surface area contributed by atoms with E-state index in [-0.39, 0.29) is 11.6 Å². The number of phenols is 1. The van der Waals surface area contributed by atoms with E-state index in [0.717, 1.165) is 12.8 Å². The van der Waals surface area contributed by atoms with Crippen LogP contribution in [0.4, 0.5) is 4.39 Å². The van der Waals surface area contributed by atoms with Gasteiger partial charge in [0, 0.05) is 5.56 Å². The van der Waals surface area contributed by atoms with Crippen LogP contribution < -0.4 is 0 Å². The summed E-state index contributed by atoms with van der Waals surface area (Å²) in [5, 5.41) is 9.28. The number of phenolic OH excluding ortho intramolecular Hbond substituents is 1. The van der Waals surface area contributed by atoms with E-state index >= 15 is 0 Å². The van der Waals surface area contributed by atoms with Crippen LogP contribution in [0.15, 0.2) is 18.2 Å². The summed E-state index contributed by atoms with van der Waals surface area (Å²) in [5.41, 5.74) is 0.444. The molecular formula is C10H13FO. The summed E-state index contributed by atoms with van der Waals surface area (Å²) < 4.78 is 13.0. The Labute approximate surface area is 71.9 Å². The van der Waals surface area contributed by atoms with Crippen molar-refractivity contribution >= 4 is 0 Å². The predicted molar refractivity (Wildman–Crippen MR) is 46.7 cm³/mol. The van der Waals surface area contributed by atoms with E-state index in [2.05, 4.69) is 0 Å². The van der Waals surface area contributed by atoms with Crippen molar-refractivity contribution in [2.45, 2.75) is 26.2 Å². The Kier molecular flexibility index (Phi) is 3.09. The Morgan fingerprint density at radius 2 is 2.17 bits per heavy atom. The summed E-state index contributed by atoms with van der Waals surface area (Å²) in [6, 6.07) is 4.42. The summed E-state index contributed by atoms with van der Waals surface area (Å²) in [6.45, 7) is 2.04. The van der Waals surface area contributed by atoms with Crippen LogP contribution in [-0.4, -0.2) is 5.11 Å². The van der Waals surface area contributed by atoms with Crippen LogP contribution in [0.1, 0.15) is 25.3 Å². The largest absolute Gasteiger partial charge is 0.508 e. The number of aromatic hydroxyl groups is 1. The van der Waals surface area contributed by atoms with E-state index in [4.69, 9.17) is 0 Å². The van der Waals surface area contributed by atoms with E-state index in [9.17, 15) is 9.50 Å². The van der Waals surface area contributed by atoms with Crippen LogP contribution in [0, 0.1) is 5.82 Å². The zero-order valence-corrected chi connectivity index (χ0v) is 7.18. The molecule has 0 spiro atoms. The lowest BCUT2D eigenvalue weighted by atomic mass is 10.1. The van der Waals surface area contributed by atoms with Crippen LogP contribution in [-0.2, 0) is 6.42 Å². The molecule has 0 aliphatic heterocycles. The van der Waals surface area contributed by atoms with Crippen molar-refractivity contribution in [2.75, 3.05) is 0 Å². The van der Waals surface area contributed by atoms with Crippen molar-refractivity contribution in [3.8, 4) is 5.75 Å². The van der Waals surface area contributed by atoms with Gasteiger partial charge in [-0.05, 0) is 25.0 Å². The molecule has 0 heterocycles. The molecule has 0 amide bonds. The maximum Gasteiger partial charge on any atom is 0.130 e. The number of rotatable bonds is 3. The third kappa shape index (κ3) is 1.97. The van der Waals surface area contributed by atoms with E-state index < -0.39 is 0 Å². The summed E-state index contributed by atoms with van der Waals surface area (Å²) in [4.78, 5) is 0. The molecular weight excluding hydrogens is 155 g/mol. The van der Waals surface area contributed by atoms with E-state index in [1.165, 1.54) is 18.2 Å². The lowest BCUT2D eigenvalue weighted by Crippen LogP contribution is -1.90. The Morgan fingerprint density at radius 3 is 2.75 bits per heavy atom. The Morgan fingerprint density at radius 1 is 1.42 bits per heavy atom. The summed E-state index contributed by atoms with van der Waals surface area (Å²) in [7, 11) is 0. The average Bonchev–Trinajstić information content (AvgIpc) is 2.04. The highest BCUT2D eigenvalue weighted by Gasteiger charge is 2.05. The molecule has 0 atom stereocenters. The van der Waals surface area contributed by atoms with Gasteiger partial charge >= 0.3 is 0 Å². The van der Waals surface area contributed by atoms with Crippen LogP contribution in [0.2, 0.25) is 0 Å². The molecule has 0 radical (unpaired) electrons. The molecule has 0 saturated heterocycles.